The molecule has 2 N–H and O–H groups in total. The number of sulfonamides is 1. The molecule has 7 nitrogen and oxygen atoms in total. The Morgan fingerprint density at radius 1 is 1.52 bits per heavy atom. The van der Waals surface area contributed by atoms with Gasteiger partial charge in [-0.3, -0.25) is 5.10 Å². The van der Waals surface area contributed by atoms with Crippen LogP contribution in [0.5, 0.6) is 0 Å². The van der Waals surface area contributed by atoms with Crippen molar-refractivity contribution in [2.24, 2.45) is 0 Å². The summed E-state index contributed by atoms with van der Waals surface area (Å²) >= 11 is 0. The lowest BCUT2D eigenvalue weighted by Crippen LogP contribution is -2.35. The molecule has 1 fully saturated rings. The molecule has 0 aromatic carbocycles. The fourth-order valence-corrected chi connectivity index (χ4v) is 3.78. The maximum absolute atomic E-state index is 12.7. The van der Waals surface area contributed by atoms with Crippen LogP contribution in [0.3, 0.4) is 0 Å². The van der Waals surface area contributed by atoms with Gasteiger partial charge in [-0.15, -0.1) is 0 Å². The number of hydrogen-bond donors (Lipinski definition) is 2. The molecule has 0 spiro atoms. The average Bonchev–Trinajstić information content (AvgIpc) is 3.06. The van der Waals surface area contributed by atoms with E-state index in [2.05, 4.69) is 15.5 Å². The molecule has 1 unspecified atom stereocenters. The molecule has 1 aromatic rings. The normalized spacial score (nSPS) is 19.5. The van der Waals surface area contributed by atoms with Gasteiger partial charge in [-0.1, -0.05) is 6.92 Å². The second-order valence-corrected chi connectivity index (χ2v) is 7.29. The molecule has 21 heavy (non-hydrogen) atoms. The lowest BCUT2D eigenvalue weighted by atomic mass is 10.2. The van der Waals surface area contributed by atoms with Crippen LogP contribution < -0.4 is 5.32 Å². The molecule has 0 saturated carbocycles. The number of nitrogens with zero attached hydrogens (tertiary/aromatic N) is 2. The Hall–Kier alpha value is -0.960. The average molecular weight is 316 g/mol. The van der Waals surface area contributed by atoms with Crippen LogP contribution in [0, 0.1) is 6.92 Å². The molecule has 1 aliphatic heterocycles. The zero-order valence-corrected chi connectivity index (χ0v) is 13.7. The summed E-state index contributed by atoms with van der Waals surface area (Å²) in [7, 11) is -2.01. The zero-order chi connectivity index (χ0) is 15.5. The van der Waals surface area contributed by atoms with Crippen molar-refractivity contribution >= 4 is 10.0 Å². The smallest absolute Gasteiger partial charge is 0.262 e. The summed E-state index contributed by atoms with van der Waals surface area (Å²) in [5.41, 5.74) is 1.48. The monoisotopic (exact) mass is 316 g/mol. The summed E-state index contributed by atoms with van der Waals surface area (Å²) in [6.07, 6.45) is 1.89. The minimum Gasteiger partial charge on any atom is -0.377 e. The fraction of sp³-hybridized carbons (Fsp3) is 0.769. The predicted octanol–water partition coefficient (Wildman–Crippen LogP) is 0.627. The third-order valence-corrected chi connectivity index (χ3v) is 5.52. The topological polar surface area (TPSA) is 87.3 Å². The lowest BCUT2D eigenvalue weighted by Gasteiger charge is -2.20. The summed E-state index contributed by atoms with van der Waals surface area (Å²) in [5.74, 6) is 0. The van der Waals surface area contributed by atoms with E-state index < -0.39 is 10.0 Å². The number of nitrogens with one attached hydrogen (secondary N) is 2. The standard InChI is InChI=1S/C13H24N4O3S/c1-4-14-8-12-10(2)15-16-13(12)21(18,19)17(3)9-11-6-5-7-20-11/h11,14H,4-9H2,1-3H3,(H,15,16). The molecule has 0 aliphatic carbocycles. The van der Waals surface area contributed by atoms with Crippen molar-refractivity contribution in [3.63, 3.8) is 0 Å². The van der Waals surface area contributed by atoms with E-state index >= 15 is 0 Å². The van der Waals surface area contributed by atoms with Crippen molar-refractivity contribution in [1.29, 1.82) is 0 Å². The maximum atomic E-state index is 12.7. The number of rotatable bonds is 7. The summed E-state index contributed by atoms with van der Waals surface area (Å²) in [6.45, 7) is 6.16. The lowest BCUT2D eigenvalue weighted by molar-refractivity contribution is 0.0978. The van der Waals surface area contributed by atoms with Crippen LogP contribution in [0.25, 0.3) is 0 Å². The van der Waals surface area contributed by atoms with Gasteiger partial charge < -0.3 is 10.1 Å². The molecule has 1 aliphatic rings. The highest BCUT2D eigenvalue weighted by Crippen LogP contribution is 2.21. The van der Waals surface area contributed by atoms with Crippen molar-refractivity contribution in [2.75, 3.05) is 26.7 Å². The van der Waals surface area contributed by atoms with Gasteiger partial charge in [0.25, 0.3) is 10.0 Å². The summed E-state index contributed by atoms with van der Waals surface area (Å²) in [6, 6.07) is 0. The summed E-state index contributed by atoms with van der Waals surface area (Å²) < 4.78 is 32.2. The van der Waals surface area contributed by atoms with E-state index in [0.29, 0.717) is 25.3 Å². The molecule has 0 bridgehead atoms. The number of ether oxygens (including phenoxy) is 1. The van der Waals surface area contributed by atoms with Gasteiger partial charge in [-0.25, -0.2) is 8.42 Å². The predicted molar refractivity (Wildman–Crippen MR) is 79.5 cm³/mol. The van der Waals surface area contributed by atoms with Crippen LogP contribution >= 0.6 is 0 Å². The van der Waals surface area contributed by atoms with Crippen molar-refractivity contribution in [1.82, 2.24) is 19.8 Å². The number of hydrogen-bond acceptors (Lipinski definition) is 5. The van der Waals surface area contributed by atoms with Crippen LogP contribution in [0.1, 0.15) is 31.0 Å². The van der Waals surface area contributed by atoms with E-state index in [1.54, 1.807) is 7.05 Å². The highest BCUT2D eigenvalue weighted by atomic mass is 32.2. The van der Waals surface area contributed by atoms with Crippen molar-refractivity contribution in [2.45, 2.75) is 44.4 Å². The van der Waals surface area contributed by atoms with E-state index in [4.69, 9.17) is 4.74 Å². The Morgan fingerprint density at radius 2 is 2.29 bits per heavy atom. The second-order valence-electron chi connectivity index (χ2n) is 5.33. The Kier molecular flexibility index (Phi) is 5.37. The van der Waals surface area contributed by atoms with Gasteiger partial charge in [-0.05, 0) is 26.3 Å². The molecule has 1 aromatic heterocycles. The molecule has 120 valence electrons. The SMILES string of the molecule is CCNCc1c(S(=O)(=O)N(C)CC2CCCO2)n[nH]c1C. The van der Waals surface area contributed by atoms with E-state index in [9.17, 15) is 8.42 Å². The molecule has 8 heteroatoms. The van der Waals surface area contributed by atoms with E-state index in [-0.39, 0.29) is 11.1 Å². The van der Waals surface area contributed by atoms with Crippen LogP contribution in [0.2, 0.25) is 0 Å². The highest BCUT2D eigenvalue weighted by molar-refractivity contribution is 7.89. The van der Waals surface area contributed by atoms with Crippen LogP contribution in [-0.4, -0.2) is 55.8 Å². The van der Waals surface area contributed by atoms with Gasteiger partial charge in [0, 0.05) is 38.0 Å². The first-order valence-electron chi connectivity index (χ1n) is 7.29. The van der Waals surface area contributed by atoms with Crippen molar-refractivity contribution < 1.29 is 13.2 Å². The number of H-pyrrole nitrogens is 1. The van der Waals surface area contributed by atoms with Crippen LogP contribution in [0.15, 0.2) is 5.03 Å². The number of aromatic amines is 1. The first-order chi connectivity index (χ1) is 9.96. The Bertz CT molecular complexity index is 564. The molecular formula is C13H24N4O3S. The number of aromatic nitrogens is 2. The number of aryl methyl sites for hydroxylation is 1. The Balaban J connectivity index is 2.17. The number of likely N-dealkylation sites (N-methyl/N-ethyl adjacent to an activating group) is 1. The van der Waals surface area contributed by atoms with Crippen molar-refractivity contribution in [3.8, 4) is 0 Å². The maximum Gasteiger partial charge on any atom is 0.262 e. The summed E-state index contributed by atoms with van der Waals surface area (Å²) in [4.78, 5) is 0. The molecular weight excluding hydrogens is 292 g/mol. The molecule has 0 radical (unpaired) electrons. The zero-order valence-electron chi connectivity index (χ0n) is 12.8. The quantitative estimate of drug-likeness (QED) is 0.770. The highest BCUT2D eigenvalue weighted by Gasteiger charge is 2.30. The van der Waals surface area contributed by atoms with Gasteiger partial charge in [0.05, 0.1) is 6.10 Å². The van der Waals surface area contributed by atoms with E-state index in [1.807, 2.05) is 13.8 Å². The van der Waals surface area contributed by atoms with Gasteiger partial charge in [0.2, 0.25) is 0 Å². The molecule has 1 atom stereocenters. The minimum absolute atomic E-state index is 0.0120. The van der Waals surface area contributed by atoms with Crippen LogP contribution in [0.4, 0.5) is 0 Å². The first-order valence-corrected chi connectivity index (χ1v) is 8.73. The second kappa shape index (κ2) is 6.87. The summed E-state index contributed by atoms with van der Waals surface area (Å²) in [5, 5.41) is 10.0. The largest absolute Gasteiger partial charge is 0.377 e. The van der Waals surface area contributed by atoms with Gasteiger partial charge in [0.15, 0.2) is 5.03 Å². The minimum atomic E-state index is -3.60. The molecule has 2 heterocycles. The fourth-order valence-electron chi connectivity index (χ4n) is 2.42. The molecule has 0 amide bonds. The van der Waals surface area contributed by atoms with Gasteiger partial charge in [0.1, 0.15) is 0 Å². The Labute approximate surface area is 126 Å². The van der Waals surface area contributed by atoms with Crippen LogP contribution in [-0.2, 0) is 21.3 Å². The third-order valence-electron chi connectivity index (χ3n) is 3.73. The van der Waals surface area contributed by atoms with E-state index in [0.717, 1.165) is 25.1 Å². The van der Waals surface area contributed by atoms with E-state index in [1.165, 1.54) is 4.31 Å². The molecule has 1 saturated heterocycles. The molecule has 2 rings (SSSR count). The van der Waals surface area contributed by atoms with Gasteiger partial charge in [-0.2, -0.15) is 9.40 Å². The van der Waals surface area contributed by atoms with Gasteiger partial charge >= 0.3 is 0 Å². The first kappa shape index (κ1) is 16.4. The van der Waals surface area contributed by atoms with Crippen molar-refractivity contribution in [3.05, 3.63) is 11.3 Å². The Morgan fingerprint density at radius 3 is 2.90 bits per heavy atom. The third kappa shape index (κ3) is 3.63.